The summed E-state index contributed by atoms with van der Waals surface area (Å²) in [4.78, 5) is 0. The van der Waals surface area contributed by atoms with E-state index < -0.39 is 15.4 Å². The molecule has 0 heterocycles. The van der Waals surface area contributed by atoms with Gasteiger partial charge in [-0.2, -0.15) is 0 Å². The summed E-state index contributed by atoms with van der Waals surface area (Å²) in [6.45, 7) is 0. The average Bonchev–Trinajstić information content (AvgIpc) is 1.62. The van der Waals surface area contributed by atoms with Crippen molar-refractivity contribution in [1.82, 2.24) is 0 Å². The maximum absolute atomic E-state index is 11.4. The topological polar surface area (TPSA) is 0 Å². The van der Waals surface area contributed by atoms with Crippen LogP contribution in [0.5, 0.6) is 0 Å². The first-order chi connectivity index (χ1) is 3.48. The molecule has 5 heteroatoms. The van der Waals surface area contributed by atoms with Crippen LogP contribution in [0.15, 0.2) is 0 Å². The fraction of sp³-hybridized carbons (Fsp3) is 1.00. The Hall–Kier alpha value is 0.490. The molecule has 0 bridgehead atoms. The van der Waals surface area contributed by atoms with Crippen molar-refractivity contribution in [3.05, 3.63) is 0 Å². The van der Waals surface area contributed by atoms with Crippen LogP contribution in [0.4, 0.5) is 13.2 Å². The summed E-state index contributed by atoms with van der Waals surface area (Å²) in [5.74, 6) is 0. The highest BCUT2D eigenvalue weighted by Crippen LogP contribution is 2.30. The smallest absolute Gasteiger partial charge is 0.122 e. The fourth-order valence-electron chi connectivity index (χ4n) is 0.0945. The van der Waals surface area contributed by atoms with Crippen molar-refractivity contribution in [2.24, 2.45) is 0 Å². The molecular formula is C3H6F3S2+. The molecule has 0 aromatic carbocycles. The first-order valence-corrected chi connectivity index (χ1v) is 5.13. The summed E-state index contributed by atoms with van der Waals surface area (Å²) < 4.78 is 34.3. The Bertz CT molecular complexity index is 69.4. The van der Waals surface area contributed by atoms with Crippen molar-refractivity contribution in [1.29, 1.82) is 0 Å². The molecule has 0 radical (unpaired) electrons. The Labute approximate surface area is 52.6 Å². The zero-order valence-electron chi connectivity index (χ0n) is 4.45. The molecule has 0 rings (SSSR count). The largest absolute Gasteiger partial charge is 0.587 e. The van der Waals surface area contributed by atoms with Gasteiger partial charge in [-0.25, -0.2) is 0 Å². The van der Waals surface area contributed by atoms with Crippen molar-refractivity contribution in [3.63, 3.8) is 0 Å². The van der Waals surface area contributed by atoms with Crippen molar-refractivity contribution in [2.75, 3.05) is 12.5 Å². The third kappa shape index (κ3) is 2.71. The minimum absolute atomic E-state index is 0.834. The normalized spacial score (nSPS) is 16.1. The third-order valence-electron chi connectivity index (χ3n) is 0.576. The van der Waals surface area contributed by atoms with Crippen molar-refractivity contribution < 1.29 is 13.2 Å². The molecule has 8 heavy (non-hydrogen) atoms. The number of alkyl halides is 3. The zero-order valence-corrected chi connectivity index (χ0v) is 6.08. The van der Waals surface area contributed by atoms with Gasteiger partial charge in [0.2, 0.25) is 0 Å². The Balaban J connectivity index is 3.62. The molecule has 1 atom stereocenters. The standard InChI is InChI=1S/C3H6F3S2/c1-7-8(2)3(4,5)6/h1-2H3/q+1. The van der Waals surface area contributed by atoms with Crippen molar-refractivity contribution >= 4 is 20.7 Å². The van der Waals surface area contributed by atoms with E-state index in [9.17, 15) is 13.2 Å². The maximum atomic E-state index is 11.4. The lowest BCUT2D eigenvalue weighted by Crippen LogP contribution is -2.17. The molecule has 0 aliphatic carbocycles. The first kappa shape index (κ1) is 8.49. The molecule has 0 nitrogen and oxygen atoms in total. The van der Waals surface area contributed by atoms with Gasteiger partial charge in [0.05, 0.1) is 10.8 Å². The summed E-state index contributed by atoms with van der Waals surface area (Å²) in [6, 6.07) is 0. The summed E-state index contributed by atoms with van der Waals surface area (Å²) in [5, 5.41) is 0. The Morgan fingerprint density at radius 2 is 1.75 bits per heavy atom. The van der Waals surface area contributed by atoms with Gasteiger partial charge in [0.15, 0.2) is 9.93 Å². The van der Waals surface area contributed by atoms with Gasteiger partial charge in [-0.05, 0) is 0 Å². The van der Waals surface area contributed by atoms with Gasteiger partial charge in [-0.15, -0.1) is 13.2 Å². The van der Waals surface area contributed by atoms with Gasteiger partial charge in [-0.1, -0.05) is 0 Å². The maximum Gasteiger partial charge on any atom is 0.587 e. The predicted molar refractivity (Wildman–Crippen MR) is 32.9 cm³/mol. The van der Waals surface area contributed by atoms with E-state index in [-0.39, 0.29) is 0 Å². The number of halogens is 3. The van der Waals surface area contributed by atoms with Crippen LogP contribution in [0.25, 0.3) is 0 Å². The van der Waals surface area contributed by atoms with Crippen LogP contribution in [0.3, 0.4) is 0 Å². The fourth-order valence-corrected chi connectivity index (χ4v) is 0.850. The number of rotatable bonds is 1. The van der Waals surface area contributed by atoms with E-state index in [4.69, 9.17) is 0 Å². The Kier molecular flexibility index (Phi) is 3.04. The third-order valence-corrected chi connectivity index (χ3v) is 3.79. The average molecular weight is 163 g/mol. The molecule has 0 amide bonds. The summed E-state index contributed by atoms with van der Waals surface area (Å²) in [6.07, 6.45) is 2.63. The van der Waals surface area contributed by atoms with Crippen LogP contribution < -0.4 is 0 Å². The monoisotopic (exact) mass is 163 g/mol. The van der Waals surface area contributed by atoms with Crippen molar-refractivity contribution in [3.8, 4) is 0 Å². The predicted octanol–water partition coefficient (Wildman–Crippen LogP) is 2.03. The van der Waals surface area contributed by atoms with E-state index >= 15 is 0 Å². The van der Waals surface area contributed by atoms with E-state index in [2.05, 4.69) is 0 Å². The molecule has 0 fully saturated rings. The SMILES string of the molecule is CS[S+](C)C(F)(F)F. The molecule has 0 aromatic heterocycles. The molecule has 1 unspecified atom stereocenters. The van der Waals surface area contributed by atoms with Crippen LogP contribution in [0.1, 0.15) is 0 Å². The quantitative estimate of drug-likeness (QED) is 0.421. The summed E-state index contributed by atoms with van der Waals surface area (Å²) in [7, 11) is -0.643. The molecule has 0 aromatic rings. The van der Waals surface area contributed by atoms with E-state index in [0.29, 0.717) is 0 Å². The van der Waals surface area contributed by atoms with E-state index in [1.165, 1.54) is 12.5 Å². The molecule has 0 saturated carbocycles. The number of hydrogen-bond acceptors (Lipinski definition) is 1. The van der Waals surface area contributed by atoms with Crippen LogP contribution in [-0.4, -0.2) is 18.0 Å². The Morgan fingerprint density at radius 3 is 1.75 bits per heavy atom. The first-order valence-electron chi connectivity index (χ1n) is 1.75. The zero-order chi connectivity index (χ0) is 6.78. The Morgan fingerprint density at radius 1 is 1.38 bits per heavy atom. The molecule has 0 aliphatic heterocycles. The minimum atomic E-state index is -4.00. The number of hydrogen-bond donors (Lipinski definition) is 0. The molecular weight excluding hydrogens is 157 g/mol. The molecule has 50 valence electrons. The molecule has 0 aliphatic rings. The van der Waals surface area contributed by atoms with Gasteiger partial charge in [0.1, 0.15) is 6.26 Å². The second-order valence-electron chi connectivity index (χ2n) is 1.07. The van der Waals surface area contributed by atoms with E-state index in [1.54, 1.807) is 0 Å². The van der Waals surface area contributed by atoms with Crippen molar-refractivity contribution in [2.45, 2.75) is 5.51 Å². The molecule has 0 saturated heterocycles. The van der Waals surface area contributed by atoms with Gasteiger partial charge in [-0.3, -0.25) is 0 Å². The second kappa shape index (κ2) is 2.87. The highest BCUT2D eigenvalue weighted by Gasteiger charge is 2.47. The lowest BCUT2D eigenvalue weighted by molar-refractivity contribution is -0.0345. The second-order valence-corrected chi connectivity index (χ2v) is 5.27. The van der Waals surface area contributed by atoms with Gasteiger partial charge >= 0.3 is 5.51 Å². The van der Waals surface area contributed by atoms with Crippen LogP contribution in [0, 0.1) is 0 Å². The van der Waals surface area contributed by atoms with Gasteiger partial charge in [0, 0.05) is 6.26 Å². The van der Waals surface area contributed by atoms with Crippen LogP contribution in [-0.2, 0) is 9.93 Å². The lowest BCUT2D eigenvalue weighted by Gasteiger charge is -1.98. The van der Waals surface area contributed by atoms with Gasteiger partial charge in [0.25, 0.3) is 0 Å². The van der Waals surface area contributed by atoms with E-state index in [1.807, 2.05) is 0 Å². The minimum Gasteiger partial charge on any atom is -0.122 e. The highest BCUT2D eigenvalue weighted by atomic mass is 33.1. The summed E-state index contributed by atoms with van der Waals surface area (Å²) in [5.41, 5.74) is -4.00. The summed E-state index contributed by atoms with van der Waals surface area (Å²) >= 11 is 0. The van der Waals surface area contributed by atoms with E-state index in [0.717, 1.165) is 10.8 Å². The highest BCUT2D eigenvalue weighted by molar-refractivity contribution is 8.74. The molecule has 0 N–H and O–H groups in total. The van der Waals surface area contributed by atoms with Gasteiger partial charge < -0.3 is 0 Å². The van der Waals surface area contributed by atoms with Crippen LogP contribution >= 0.6 is 10.8 Å². The van der Waals surface area contributed by atoms with Crippen LogP contribution in [0.2, 0.25) is 0 Å². The molecule has 0 spiro atoms. The lowest BCUT2D eigenvalue weighted by atomic mass is 11.6.